The molecule has 4 rings (SSSR count). The molecule has 0 aliphatic rings. The highest BCUT2D eigenvalue weighted by Gasteiger charge is 2.26. The minimum Gasteiger partial charge on any atom is -0.487 e. The van der Waals surface area contributed by atoms with E-state index < -0.39 is 21.7 Å². The van der Waals surface area contributed by atoms with Gasteiger partial charge in [0.15, 0.2) is 0 Å². The molecule has 1 aromatic heterocycles. The molecule has 0 saturated carbocycles. The van der Waals surface area contributed by atoms with Gasteiger partial charge in [0.25, 0.3) is 5.91 Å². The first kappa shape index (κ1) is 24.8. The summed E-state index contributed by atoms with van der Waals surface area (Å²) in [5.41, 5.74) is 2.28. The summed E-state index contributed by atoms with van der Waals surface area (Å²) in [5, 5.41) is 12.1. The Morgan fingerprint density at radius 3 is 2.53 bits per heavy atom. The molecule has 0 aliphatic carbocycles. The summed E-state index contributed by atoms with van der Waals surface area (Å²) in [6.45, 7) is 0.0452. The molecule has 0 saturated heterocycles. The molecule has 0 fully saturated rings. The van der Waals surface area contributed by atoms with Crippen LogP contribution in [0.4, 0.5) is 10.1 Å². The fraction of sp³-hybridized carbons (Fsp3) is 0.154. The number of rotatable bonds is 7. The van der Waals surface area contributed by atoms with Crippen molar-refractivity contribution in [3.63, 3.8) is 0 Å². The van der Waals surface area contributed by atoms with Crippen molar-refractivity contribution in [2.24, 2.45) is 0 Å². The highest BCUT2D eigenvalue weighted by molar-refractivity contribution is 7.92. The van der Waals surface area contributed by atoms with Crippen LogP contribution in [0.5, 0.6) is 5.75 Å². The Bertz CT molecular complexity index is 1610. The Morgan fingerprint density at radius 1 is 1.17 bits per heavy atom. The predicted molar refractivity (Wildman–Crippen MR) is 134 cm³/mol. The van der Waals surface area contributed by atoms with E-state index in [9.17, 15) is 17.6 Å². The van der Waals surface area contributed by atoms with Gasteiger partial charge in [-0.15, -0.1) is 0 Å². The number of hydrogen-bond acceptors (Lipinski definition) is 6. The van der Waals surface area contributed by atoms with Crippen LogP contribution in [-0.2, 0) is 16.6 Å². The first-order valence-electron chi connectivity index (χ1n) is 10.8. The van der Waals surface area contributed by atoms with Crippen molar-refractivity contribution in [1.29, 1.82) is 5.26 Å². The number of nitrogens with zero attached hydrogens (tertiary/aromatic N) is 2. The number of amides is 1. The number of nitrogens with one attached hydrogen (secondary N) is 1. The number of hydrogen-bond donors (Lipinski definition) is 1. The highest BCUT2D eigenvalue weighted by Crippen LogP contribution is 2.41. The predicted octanol–water partition coefficient (Wildman–Crippen LogP) is 4.44. The van der Waals surface area contributed by atoms with E-state index in [0.29, 0.717) is 22.1 Å². The molecule has 36 heavy (non-hydrogen) atoms. The summed E-state index contributed by atoms with van der Waals surface area (Å²) in [5.74, 6) is -0.486. The number of benzene rings is 3. The maximum Gasteiger partial charge on any atom is 0.255 e. The van der Waals surface area contributed by atoms with E-state index in [1.54, 1.807) is 30.3 Å². The fourth-order valence-electron chi connectivity index (χ4n) is 3.70. The molecule has 1 heterocycles. The van der Waals surface area contributed by atoms with E-state index in [0.717, 1.165) is 10.6 Å². The number of ether oxygens (including phenoxy) is 1. The summed E-state index contributed by atoms with van der Waals surface area (Å²) in [6.07, 6.45) is 1.05. The van der Waals surface area contributed by atoms with Crippen molar-refractivity contribution in [3.8, 4) is 23.1 Å². The van der Waals surface area contributed by atoms with E-state index in [4.69, 9.17) is 14.4 Å². The molecule has 0 atom stereocenters. The van der Waals surface area contributed by atoms with Crippen molar-refractivity contribution in [2.45, 2.75) is 6.61 Å². The summed E-state index contributed by atoms with van der Waals surface area (Å²) < 4.78 is 51.3. The van der Waals surface area contributed by atoms with Crippen LogP contribution in [0.1, 0.15) is 21.5 Å². The van der Waals surface area contributed by atoms with Gasteiger partial charge < -0.3 is 14.5 Å². The van der Waals surface area contributed by atoms with Gasteiger partial charge in [0.1, 0.15) is 29.5 Å². The van der Waals surface area contributed by atoms with Gasteiger partial charge in [-0.3, -0.25) is 9.10 Å². The zero-order chi connectivity index (χ0) is 26.0. The van der Waals surface area contributed by atoms with Crippen LogP contribution in [0.25, 0.3) is 22.3 Å². The fourth-order valence-corrected chi connectivity index (χ4v) is 4.20. The molecule has 0 spiro atoms. The minimum absolute atomic E-state index is 0.0452. The Labute approximate surface area is 207 Å². The lowest BCUT2D eigenvalue weighted by atomic mass is 10.0. The second kappa shape index (κ2) is 9.71. The molecule has 4 aromatic rings. The molecule has 184 valence electrons. The third-order valence-corrected chi connectivity index (χ3v) is 6.81. The van der Waals surface area contributed by atoms with Crippen molar-refractivity contribution >= 4 is 32.6 Å². The Balaban J connectivity index is 1.90. The molecule has 0 unspecified atom stereocenters. The van der Waals surface area contributed by atoms with Crippen molar-refractivity contribution in [3.05, 3.63) is 83.2 Å². The quantitative estimate of drug-likeness (QED) is 0.396. The Hall–Kier alpha value is -4.36. The van der Waals surface area contributed by atoms with Gasteiger partial charge >= 0.3 is 0 Å². The molecule has 1 amide bonds. The molecular formula is C26H22FN3O5S. The number of furan rings is 1. The maximum atomic E-state index is 13.5. The van der Waals surface area contributed by atoms with Gasteiger partial charge in [-0.25, -0.2) is 12.8 Å². The monoisotopic (exact) mass is 507 g/mol. The zero-order valence-electron chi connectivity index (χ0n) is 19.7. The largest absolute Gasteiger partial charge is 0.487 e. The lowest BCUT2D eigenvalue weighted by Crippen LogP contribution is -2.25. The first-order valence-corrected chi connectivity index (χ1v) is 12.6. The number of carbonyl (C=O) groups is 1. The summed E-state index contributed by atoms with van der Waals surface area (Å²) in [7, 11) is -0.823. The van der Waals surface area contributed by atoms with Crippen LogP contribution < -0.4 is 14.4 Å². The molecule has 0 radical (unpaired) electrons. The van der Waals surface area contributed by atoms with E-state index in [1.165, 1.54) is 44.4 Å². The maximum absolute atomic E-state index is 13.5. The Kier molecular flexibility index (Phi) is 6.68. The average molecular weight is 508 g/mol. The van der Waals surface area contributed by atoms with Crippen molar-refractivity contribution in [1.82, 2.24) is 5.32 Å². The average Bonchev–Trinajstić information content (AvgIpc) is 3.24. The van der Waals surface area contributed by atoms with Crippen LogP contribution in [0, 0.1) is 17.1 Å². The molecule has 1 N–H and O–H groups in total. The SMILES string of the molecule is CNC(=O)c1c(-c2ccc(F)cc2)oc2cc(N(C)S(C)(=O)=O)c(OCc3cccc(C#N)c3)cc12. The number of nitriles is 1. The summed E-state index contributed by atoms with van der Waals surface area (Å²) in [4.78, 5) is 12.9. The van der Waals surface area contributed by atoms with Gasteiger partial charge in [0.05, 0.1) is 29.1 Å². The number of carbonyl (C=O) groups excluding carboxylic acids is 1. The van der Waals surface area contributed by atoms with E-state index in [2.05, 4.69) is 11.4 Å². The van der Waals surface area contributed by atoms with Gasteiger partial charge in [0, 0.05) is 31.1 Å². The topological polar surface area (TPSA) is 113 Å². The normalized spacial score (nSPS) is 11.2. The van der Waals surface area contributed by atoms with Crippen LogP contribution in [0.2, 0.25) is 0 Å². The Morgan fingerprint density at radius 2 is 1.89 bits per heavy atom. The lowest BCUT2D eigenvalue weighted by molar-refractivity contribution is 0.0964. The van der Waals surface area contributed by atoms with Gasteiger partial charge in [-0.2, -0.15) is 5.26 Å². The molecule has 0 bridgehead atoms. The van der Waals surface area contributed by atoms with Crippen molar-refractivity contribution in [2.75, 3.05) is 24.7 Å². The molecule has 10 heteroatoms. The third kappa shape index (κ3) is 4.87. The smallest absolute Gasteiger partial charge is 0.255 e. The first-order chi connectivity index (χ1) is 17.1. The lowest BCUT2D eigenvalue weighted by Gasteiger charge is -2.20. The number of fused-ring (bicyclic) bond motifs is 1. The summed E-state index contributed by atoms with van der Waals surface area (Å²) >= 11 is 0. The second-order valence-electron chi connectivity index (χ2n) is 8.04. The van der Waals surface area contributed by atoms with Crippen LogP contribution in [-0.4, -0.2) is 34.7 Å². The molecular weight excluding hydrogens is 485 g/mol. The highest BCUT2D eigenvalue weighted by atomic mass is 32.2. The molecule has 3 aromatic carbocycles. The van der Waals surface area contributed by atoms with E-state index >= 15 is 0 Å². The zero-order valence-corrected chi connectivity index (χ0v) is 20.5. The van der Waals surface area contributed by atoms with E-state index in [1.807, 2.05) is 0 Å². The minimum atomic E-state index is -3.67. The molecule has 8 nitrogen and oxygen atoms in total. The van der Waals surface area contributed by atoms with Gasteiger partial charge in [-0.1, -0.05) is 12.1 Å². The van der Waals surface area contributed by atoms with Crippen LogP contribution in [0.15, 0.2) is 65.1 Å². The number of sulfonamides is 1. The number of anilines is 1. The van der Waals surface area contributed by atoms with Gasteiger partial charge in [0.2, 0.25) is 10.0 Å². The second-order valence-corrected chi connectivity index (χ2v) is 10.1. The summed E-state index contributed by atoms with van der Waals surface area (Å²) in [6, 6.07) is 17.4. The van der Waals surface area contributed by atoms with Crippen LogP contribution >= 0.6 is 0 Å². The third-order valence-electron chi connectivity index (χ3n) is 5.62. The molecule has 0 aliphatic heterocycles. The standard InChI is InChI=1S/C26H22FN3O5S/c1-29-26(31)24-20-12-23(34-15-17-6-4-5-16(11-17)14-28)21(30(2)36(3,32)33)13-22(20)35-25(24)18-7-9-19(27)10-8-18/h4-13H,15H2,1-3H3,(H,29,31). The van der Waals surface area contributed by atoms with Crippen molar-refractivity contribution < 1.29 is 26.8 Å². The number of halogens is 1. The van der Waals surface area contributed by atoms with Crippen LogP contribution in [0.3, 0.4) is 0 Å². The van der Waals surface area contributed by atoms with E-state index in [-0.39, 0.29) is 35.0 Å². The van der Waals surface area contributed by atoms with Gasteiger partial charge in [-0.05, 0) is 48.0 Å².